The number of nitrogens with zero attached hydrogens (tertiary/aromatic N) is 2. The zero-order valence-electron chi connectivity index (χ0n) is 17.6. The van der Waals surface area contributed by atoms with Crippen molar-refractivity contribution in [3.05, 3.63) is 69.1 Å². The Morgan fingerprint density at radius 3 is 2.65 bits per heavy atom. The van der Waals surface area contributed by atoms with Crippen molar-refractivity contribution in [2.24, 2.45) is 0 Å². The zero-order chi connectivity index (χ0) is 22.4. The molecule has 2 N–H and O–H groups in total. The van der Waals surface area contributed by atoms with E-state index in [1.807, 2.05) is 19.9 Å². The van der Waals surface area contributed by atoms with Crippen molar-refractivity contribution in [3.63, 3.8) is 0 Å². The summed E-state index contributed by atoms with van der Waals surface area (Å²) in [6.45, 7) is 4.20. The molecule has 0 aliphatic carbocycles. The standard InChI is InChI=1S/C23H25ClN4O3/c1-3-13-25-21(29)12-11-19-23(31)28(20-10-5-4-8-18(20)26-19)14-22(30)27-17-9-6-7-16(24)15(17)2/h4-10H,3,11-14H2,1-2H3,(H,25,29)(H,27,30). The highest BCUT2D eigenvalue weighted by Crippen LogP contribution is 2.23. The van der Waals surface area contributed by atoms with Crippen molar-refractivity contribution in [1.29, 1.82) is 0 Å². The van der Waals surface area contributed by atoms with E-state index in [2.05, 4.69) is 15.6 Å². The van der Waals surface area contributed by atoms with Crippen LogP contribution in [-0.4, -0.2) is 27.9 Å². The number of hydrogen-bond acceptors (Lipinski definition) is 4. The van der Waals surface area contributed by atoms with E-state index >= 15 is 0 Å². The van der Waals surface area contributed by atoms with E-state index in [0.717, 1.165) is 12.0 Å². The lowest BCUT2D eigenvalue weighted by atomic mass is 10.2. The number of amides is 2. The summed E-state index contributed by atoms with van der Waals surface area (Å²) in [7, 11) is 0. The zero-order valence-corrected chi connectivity index (χ0v) is 18.3. The van der Waals surface area contributed by atoms with Crippen molar-refractivity contribution in [2.75, 3.05) is 11.9 Å². The van der Waals surface area contributed by atoms with Crippen LogP contribution >= 0.6 is 11.6 Å². The highest BCUT2D eigenvalue weighted by atomic mass is 35.5. The Hall–Kier alpha value is -3.19. The fourth-order valence-corrected chi connectivity index (χ4v) is 3.40. The van der Waals surface area contributed by atoms with Gasteiger partial charge in [0.15, 0.2) is 0 Å². The van der Waals surface area contributed by atoms with Gasteiger partial charge in [-0.1, -0.05) is 36.7 Å². The Balaban J connectivity index is 1.87. The average Bonchev–Trinajstić information content (AvgIpc) is 2.76. The number of rotatable bonds is 8. The number of carbonyl (C=O) groups is 2. The molecular weight excluding hydrogens is 416 g/mol. The largest absolute Gasteiger partial charge is 0.356 e. The molecule has 31 heavy (non-hydrogen) atoms. The van der Waals surface area contributed by atoms with Crippen LogP contribution in [-0.2, 0) is 22.6 Å². The van der Waals surface area contributed by atoms with Crippen LogP contribution in [0.25, 0.3) is 11.0 Å². The van der Waals surface area contributed by atoms with Crippen LogP contribution in [0, 0.1) is 6.92 Å². The Morgan fingerprint density at radius 1 is 1.10 bits per heavy atom. The Bertz CT molecular complexity index is 1170. The summed E-state index contributed by atoms with van der Waals surface area (Å²) in [6, 6.07) is 12.4. The van der Waals surface area contributed by atoms with E-state index in [9.17, 15) is 14.4 Å². The third-order valence-electron chi connectivity index (χ3n) is 4.92. The summed E-state index contributed by atoms with van der Waals surface area (Å²) in [5.74, 6) is -0.479. The van der Waals surface area contributed by atoms with Crippen LogP contribution in [0.1, 0.15) is 31.0 Å². The van der Waals surface area contributed by atoms with Gasteiger partial charge in [-0.05, 0) is 43.2 Å². The minimum Gasteiger partial charge on any atom is -0.356 e. The average molecular weight is 441 g/mol. The molecule has 0 aliphatic heterocycles. The molecule has 2 aromatic carbocycles. The predicted octanol–water partition coefficient (Wildman–Crippen LogP) is 3.46. The maximum Gasteiger partial charge on any atom is 0.273 e. The van der Waals surface area contributed by atoms with E-state index in [1.54, 1.807) is 36.4 Å². The number of nitrogens with one attached hydrogen (secondary N) is 2. The summed E-state index contributed by atoms with van der Waals surface area (Å²) in [6.07, 6.45) is 1.21. The molecule has 0 unspecified atom stereocenters. The van der Waals surface area contributed by atoms with Gasteiger partial charge >= 0.3 is 0 Å². The van der Waals surface area contributed by atoms with Crippen LogP contribution < -0.4 is 16.2 Å². The van der Waals surface area contributed by atoms with Crippen molar-refractivity contribution in [1.82, 2.24) is 14.9 Å². The maximum atomic E-state index is 13.1. The molecule has 3 rings (SSSR count). The van der Waals surface area contributed by atoms with Crippen molar-refractivity contribution in [2.45, 2.75) is 39.7 Å². The first-order valence-electron chi connectivity index (χ1n) is 10.2. The van der Waals surface area contributed by atoms with Crippen LogP contribution in [0.3, 0.4) is 0 Å². The number of aromatic nitrogens is 2. The molecule has 0 aliphatic rings. The predicted molar refractivity (Wildman–Crippen MR) is 122 cm³/mol. The van der Waals surface area contributed by atoms with Gasteiger partial charge in [0.1, 0.15) is 12.2 Å². The number of halogens is 1. The molecule has 0 radical (unpaired) electrons. The van der Waals surface area contributed by atoms with Crippen LogP contribution in [0.4, 0.5) is 5.69 Å². The molecule has 0 atom stereocenters. The van der Waals surface area contributed by atoms with Gasteiger partial charge in [-0.25, -0.2) is 4.98 Å². The first-order chi connectivity index (χ1) is 14.9. The first-order valence-corrected chi connectivity index (χ1v) is 10.6. The molecule has 0 spiro atoms. The number of carbonyl (C=O) groups excluding carboxylic acids is 2. The van der Waals surface area contributed by atoms with E-state index in [0.29, 0.717) is 28.3 Å². The SMILES string of the molecule is CCCNC(=O)CCc1nc2ccccc2n(CC(=O)Nc2cccc(Cl)c2C)c1=O. The second-order valence-electron chi connectivity index (χ2n) is 7.25. The summed E-state index contributed by atoms with van der Waals surface area (Å²) in [5.41, 5.74) is 2.39. The molecule has 0 saturated heterocycles. The van der Waals surface area contributed by atoms with Crippen molar-refractivity contribution < 1.29 is 9.59 Å². The lowest BCUT2D eigenvalue weighted by Gasteiger charge is -2.14. The Labute approximate surface area is 185 Å². The molecule has 3 aromatic rings. The molecule has 0 bridgehead atoms. The van der Waals surface area contributed by atoms with Crippen molar-refractivity contribution in [3.8, 4) is 0 Å². The van der Waals surface area contributed by atoms with Gasteiger partial charge < -0.3 is 10.6 Å². The molecule has 7 nitrogen and oxygen atoms in total. The van der Waals surface area contributed by atoms with E-state index in [4.69, 9.17) is 11.6 Å². The maximum absolute atomic E-state index is 13.1. The summed E-state index contributed by atoms with van der Waals surface area (Å²) >= 11 is 6.13. The lowest BCUT2D eigenvalue weighted by Crippen LogP contribution is -2.32. The highest BCUT2D eigenvalue weighted by molar-refractivity contribution is 6.31. The molecule has 0 fully saturated rings. The monoisotopic (exact) mass is 440 g/mol. The third-order valence-corrected chi connectivity index (χ3v) is 5.33. The molecule has 0 saturated carbocycles. The first kappa shape index (κ1) is 22.5. The van der Waals surface area contributed by atoms with Gasteiger partial charge in [-0.15, -0.1) is 0 Å². The van der Waals surface area contributed by atoms with Gasteiger partial charge in [0, 0.05) is 30.1 Å². The number of anilines is 1. The molecule has 162 valence electrons. The van der Waals surface area contributed by atoms with Gasteiger partial charge in [-0.2, -0.15) is 0 Å². The Kier molecular flexibility index (Phi) is 7.41. The second-order valence-corrected chi connectivity index (χ2v) is 7.66. The van der Waals surface area contributed by atoms with E-state index in [-0.39, 0.29) is 42.5 Å². The normalized spacial score (nSPS) is 10.8. The van der Waals surface area contributed by atoms with Crippen molar-refractivity contribution >= 4 is 40.1 Å². The van der Waals surface area contributed by atoms with Gasteiger partial charge in [0.05, 0.1) is 11.0 Å². The molecular formula is C23H25ClN4O3. The molecule has 8 heteroatoms. The summed E-state index contributed by atoms with van der Waals surface area (Å²) < 4.78 is 1.40. The van der Waals surface area contributed by atoms with Crippen LogP contribution in [0.15, 0.2) is 47.3 Å². The Morgan fingerprint density at radius 2 is 1.87 bits per heavy atom. The van der Waals surface area contributed by atoms with Crippen LogP contribution in [0.5, 0.6) is 0 Å². The highest BCUT2D eigenvalue weighted by Gasteiger charge is 2.15. The number of aryl methyl sites for hydroxylation is 1. The summed E-state index contributed by atoms with van der Waals surface area (Å²) in [5, 5.41) is 6.16. The lowest BCUT2D eigenvalue weighted by molar-refractivity contribution is -0.121. The number of para-hydroxylation sites is 2. The number of benzene rings is 2. The van der Waals surface area contributed by atoms with E-state index in [1.165, 1.54) is 4.57 Å². The van der Waals surface area contributed by atoms with Gasteiger partial charge in [-0.3, -0.25) is 19.0 Å². The fourth-order valence-electron chi connectivity index (χ4n) is 3.23. The van der Waals surface area contributed by atoms with Crippen LogP contribution in [0.2, 0.25) is 5.02 Å². The third kappa shape index (κ3) is 5.49. The molecule has 2 amide bonds. The van der Waals surface area contributed by atoms with Gasteiger partial charge in [0.2, 0.25) is 11.8 Å². The topological polar surface area (TPSA) is 93.1 Å². The molecule has 1 aromatic heterocycles. The molecule has 1 heterocycles. The number of fused-ring (bicyclic) bond motifs is 1. The summed E-state index contributed by atoms with van der Waals surface area (Å²) in [4.78, 5) is 42.2. The second kappa shape index (κ2) is 10.2. The minimum atomic E-state index is -0.375. The smallest absolute Gasteiger partial charge is 0.273 e. The minimum absolute atomic E-state index is 0.128. The quantitative estimate of drug-likeness (QED) is 0.561. The van der Waals surface area contributed by atoms with Gasteiger partial charge in [0.25, 0.3) is 5.56 Å². The fraction of sp³-hybridized carbons (Fsp3) is 0.304. The number of hydrogen-bond donors (Lipinski definition) is 2. The van der Waals surface area contributed by atoms with E-state index < -0.39 is 0 Å².